The van der Waals surface area contributed by atoms with Crippen molar-refractivity contribution in [3.63, 3.8) is 0 Å². The summed E-state index contributed by atoms with van der Waals surface area (Å²) < 4.78 is 29.1. The third kappa shape index (κ3) is 7.40. The lowest BCUT2D eigenvalue weighted by molar-refractivity contribution is -0.139. The largest absolute Gasteiger partial charge is 0.354 e. The number of hydrogen-bond acceptors (Lipinski definition) is 4. The fourth-order valence-electron chi connectivity index (χ4n) is 4.13. The fraction of sp³-hybridized carbons (Fsp3) is 0.333. The van der Waals surface area contributed by atoms with Gasteiger partial charge in [-0.05, 0) is 75.1 Å². The molecule has 0 unspecified atom stereocenters. The Kier molecular flexibility index (Phi) is 10.2. The minimum absolute atomic E-state index is 0.0461. The zero-order chi connectivity index (χ0) is 28.7. The van der Waals surface area contributed by atoms with E-state index in [1.165, 1.54) is 17.0 Å². The summed E-state index contributed by atoms with van der Waals surface area (Å²) >= 11 is 6.40. The zero-order valence-corrected chi connectivity index (χ0v) is 24.6. The number of halogens is 1. The summed E-state index contributed by atoms with van der Waals surface area (Å²) in [4.78, 5) is 28.4. The van der Waals surface area contributed by atoms with E-state index in [2.05, 4.69) is 5.32 Å². The second-order valence-corrected chi connectivity index (χ2v) is 12.0. The second-order valence-electron chi connectivity index (χ2n) is 9.69. The summed E-state index contributed by atoms with van der Waals surface area (Å²) in [5, 5.41) is 3.29. The van der Waals surface area contributed by atoms with Crippen molar-refractivity contribution < 1.29 is 18.0 Å². The molecule has 0 aliphatic heterocycles. The molecule has 9 heteroatoms. The van der Waals surface area contributed by atoms with Crippen LogP contribution in [0.25, 0.3) is 0 Å². The van der Waals surface area contributed by atoms with E-state index in [1.807, 2.05) is 32.9 Å². The summed E-state index contributed by atoms with van der Waals surface area (Å²) in [7, 11) is -4.12. The first kappa shape index (κ1) is 30.2. The van der Waals surface area contributed by atoms with Gasteiger partial charge in [-0.25, -0.2) is 8.42 Å². The summed E-state index contributed by atoms with van der Waals surface area (Å²) in [5.74, 6) is -0.845. The van der Waals surface area contributed by atoms with Crippen molar-refractivity contribution >= 4 is 39.1 Å². The molecule has 39 heavy (non-hydrogen) atoms. The highest BCUT2D eigenvalue weighted by atomic mass is 35.5. The first-order valence-corrected chi connectivity index (χ1v) is 14.7. The first-order valence-electron chi connectivity index (χ1n) is 12.9. The molecular weight excluding hydrogens is 534 g/mol. The molecule has 0 aliphatic rings. The molecule has 3 aromatic carbocycles. The number of anilines is 1. The van der Waals surface area contributed by atoms with Crippen molar-refractivity contribution in [1.29, 1.82) is 0 Å². The highest BCUT2D eigenvalue weighted by Crippen LogP contribution is 2.29. The number of nitrogens with zero attached hydrogens (tertiary/aromatic N) is 2. The number of rotatable bonds is 11. The van der Waals surface area contributed by atoms with E-state index in [-0.39, 0.29) is 17.3 Å². The van der Waals surface area contributed by atoms with Gasteiger partial charge in [0.2, 0.25) is 11.8 Å². The first-order chi connectivity index (χ1) is 18.4. The molecule has 3 rings (SSSR count). The van der Waals surface area contributed by atoms with Gasteiger partial charge >= 0.3 is 0 Å². The molecular formula is C30H36ClN3O4S. The standard InChI is InChI=1S/C30H36ClN3O4S/c1-6-17-32-30(36)24(5)33(19-25-9-7-8-10-27(25)31)29(35)20-34(28-18-22(3)11-14-23(28)4)39(37,38)26-15-12-21(2)13-16-26/h7-16,18,24H,6,17,19-20H2,1-5H3,(H,32,36)/t24-/m1/s1. The Morgan fingerprint density at radius 1 is 0.949 bits per heavy atom. The molecule has 2 amide bonds. The monoisotopic (exact) mass is 569 g/mol. The van der Waals surface area contributed by atoms with Gasteiger partial charge in [0.05, 0.1) is 10.6 Å². The lowest BCUT2D eigenvalue weighted by Crippen LogP contribution is -2.51. The smallest absolute Gasteiger partial charge is 0.264 e. The molecule has 1 N–H and O–H groups in total. The number of carbonyl (C=O) groups is 2. The highest BCUT2D eigenvalue weighted by Gasteiger charge is 2.33. The van der Waals surface area contributed by atoms with E-state index in [1.54, 1.807) is 56.3 Å². The minimum Gasteiger partial charge on any atom is -0.354 e. The molecule has 0 aromatic heterocycles. The molecule has 1 atom stereocenters. The molecule has 0 fully saturated rings. The zero-order valence-electron chi connectivity index (χ0n) is 23.1. The van der Waals surface area contributed by atoms with Gasteiger partial charge in [0.15, 0.2) is 0 Å². The lowest BCUT2D eigenvalue weighted by atomic mass is 10.1. The van der Waals surface area contributed by atoms with Crippen LogP contribution in [0.2, 0.25) is 5.02 Å². The number of carbonyl (C=O) groups excluding carboxylic acids is 2. The quantitative estimate of drug-likeness (QED) is 0.335. The predicted octanol–water partition coefficient (Wildman–Crippen LogP) is 5.40. The van der Waals surface area contributed by atoms with Crippen molar-refractivity contribution in [1.82, 2.24) is 10.2 Å². The van der Waals surface area contributed by atoms with Crippen LogP contribution >= 0.6 is 11.6 Å². The Labute approximate surface area is 236 Å². The second kappa shape index (κ2) is 13.1. The van der Waals surface area contributed by atoms with Crippen LogP contribution in [0.1, 0.15) is 42.5 Å². The van der Waals surface area contributed by atoms with Crippen molar-refractivity contribution in [2.75, 3.05) is 17.4 Å². The van der Waals surface area contributed by atoms with E-state index in [4.69, 9.17) is 11.6 Å². The van der Waals surface area contributed by atoms with E-state index in [0.29, 0.717) is 28.4 Å². The number of amides is 2. The van der Waals surface area contributed by atoms with E-state index >= 15 is 0 Å². The predicted molar refractivity (Wildman–Crippen MR) is 156 cm³/mol. The van der Waals surface area contributed by atoms with Crippen LogP contribution < -0.4 is 9.62 Å². The molecule has 208 valence electrons. The molecule has 0 spiro atoms. The molecule has 0 radical (unpaired) electrons. The molecule has 0 aliphatic carbocycles. The highest BCUT2D eigenvalue weighted by molar-refractivity contribution is 7.92. The maximum absolute atomic E-state index is 14.0. The average Bonchev–Trinajstić information content (AvgIpc) is 2.91. The van der Waals surface area contributed by atoms with Crippen molar-refractivity contribution in [3.05, 3.63) is 94.0 Å². The van der Waals surface area contributed by atoms with Gasteiger partial charge in [-0.1, -0.05) is 66.6 Å². The summed E-state index contributed by atoms with van der Waals surface area (Å²) in [6.45, 7) is 9.14. The van der Waals surface area contributed by atoms with Gasteiger partial charge in [0.1, 0.15) is 12.6 Å². The van der Waals surface area contributed by atoms with Gasteiger partial charge in [0.25, 0.3) is 10.0 Å². The number of benzene rings is 3. The Hall–Kier alpha value is -3.36. The molecule has 0 bridgehead atoms. The van der Waals surface area contributed by atoms with Crippen LogP contribution in [0, 0.1) is 20.8 Å². The maximum atomic E-state index is 14.0. The van der Waals surface area contributed by atoms with Crippen LogP contribution in [0.3, 0.4) is 0 Å². The van der Waals surface area contributed by atoms with Crippen molar-refractivity contribution in [3.8, 4) is 0 Å². The Balaban J connectivity index is 2.07. The van der Waals surface area contributed by atoms with E-state index < -0.39 is 28.5 Å². The van der Waals surface area contributed by atoms with Crippen LogP contribution in [-0.4, -0.2) is 44.3 Å². The van der Waals surface area contributed by atoms with Crippen LogP contribution in [0.15, 0.2) is 71.6 Å². The Bertz CT molecular complexity index is 1420. The molecule has 0 saturated heterocycles. The average molecular weight is 570 g/mol. The third-order valence-corrected chi connectivity index (χ3v) is 8.68. The Morgan fingerprint density at radius 3 is 2.23 bits per heavy atom. The van der Waals surface area contributed by atoms with Gasteiger partial charge in [-0.15, -0.1) is 0 Å². The summed E-state index contributed by atoms with van der Waals surface area (Å²) in [6.07, 6.45) is 0.742. The van der Waals surface area contributed by atoms with Crippen LogP contribution in [-0.2, 0) is 26.2 Å². The van der Waals surface area contributed by atoms with Crippen LogP contribution in [0.4, 0.5) is 5.69 Å². The molecule has 0 heterocycles. The Morgan fingerprint density at radius 2 is 1.59 bits per heavy atom. The molecule has 7 nitrogen and oxygen atoms in total. The van der Waals surface area contributed by atoms with E-state index in [0.717, 1.165) is 21.9 Å². The fourth-order valence-corrected chi connectivity index (χ4v) is 5.79. The normalized spacial score (nSPS) is 12.1. The molecule has 0 saturated carbocycles. The number of nitrogens with one attached hydrogen (secondary N) is 1. The summed E-state index contributed by atoms with van der Waals surface area (Å²) in [6, 6.07) is 18.2. The molecule has 3 aromatic rings. The van der Waals surface area contributed by atoms with Crippen molar-refractivity contribution in [2.45, 2.75) is 58.5 Å². The number of sulfonamides is 1. The van der Waals surface area contributed by atoms with Gasteiger partial charge in [-0.2, -0.15) is 0 Å². The number of aryl methyl sites for hydroxylation is 3. The topological polar surface area (TPSA) is 86.8 Å². The van der Waals surface area contributed by atoms with Crippen LogP contribution in [0.5, 0.6) is 0 Å². The maximum Gasteiger partial charge on any atom is 0.264 e. The number of hydrogen-bond donors (Lipinski definition) is 1. The summed E-state index contributed by atoms with van der Waals surface area (Å²) in [5.41, 5.74) is 3.54. The van der Waals surface area contributed by atoms with Gasteiger partial charge < -0.3 is 10.2 Å². The van der Waals surface area contributed by atoms with E-state index in [9.17, 15) is 18.0 Å². The van der Waals surface area contributed by atoms with Gasteiger partial charge in [-0.3, -0.25) is 13.9 Å². The van der Waals surface area contributed by atoms with Gasteiger partial charge in [0, 0.05) is 18.1 Å². The third-order valence-electron chi connectivity index (χ3n) is 6.54. The minimum atomic E-state index is -4.12. The SMILES string of the molecule is CCCNC(=O)[C@@H](C)N(Cc1ccccc1Cl)C(=O)CN(c1cc(C)ccc1C)S(=O)(=O)c1ccc(C)cc1. The van der Waals surface area contributed by atoms with Crippen molar-refractivity contribution in [2.24, 2.45) is 0 Å². The lowest BCUT2D eigenvalue weighted by Gasteiger charge is -2.32.